The molecular formula is C4H4Cl8. The summed E-state index contributed by atoms with van der Waals surface area (Å²) < 4.78 is -0.660. The normalized spacial score (nSPS) is 7.42. The average molecular weight is 336 g/mol. The quantitative estimate of drug-likeness (QED) is 0.483. The third-order valence-corrected chi connectivity index (χ3v) is 0.742. The largest absolute Gasteiger partial charge is 0.180 e. The first-order valence-corrected chi connectivity index (χ1v) is 5.64. The van der Waals surface area contributed by atoms with E-state index in [1.54, 1.807) is 0 Å². The van der Waals surface area contributed by atoms with Crippen molar-refractivity contribution in [3.8, 4) is 0 Å². The fourth-order valence-electron chi connectivity index (χ4n) is 0. The van der Waals surface area contributed by atoms with E-state index in [4.69, 9.17) is 92.8 Å². The third-order valence-electron chi connectivity index (χ3n) is 0.0825. The second-order valence-electron chi connectivity index (χ2n) is 0.747. The maximum Gasteiger partial charge on any atom is 0.180 e. The summed E-state index contributed by atoms with van der Waals surface area (Å²) in [6.45, 7) is 0. The SMILES string of the molecule is ClC(Cl)Cl.ClC=C(Cl)Cl.ClCCl. The Hall–Kier alpha value is 2.06. The molecule has 0 amide bonds. The molecule has 0 aromatic carbocycles. The van der Waals surface area contributed by atoms with Gasteiger partial charge in [-0.15, -0.1) is 23.2 Å². The Balaban J connectivity index is -0.000000105. The second-order valence-corrected chi connectivity index (χ2v) is 4.76. The highest BCUT2D eigenvalue weighted by atomic mass is 35.6. The van der Waals surface area contributed by atoms with Gasteiger partial charge in [-0.05, 0) is 0 Å². The highest BCUT2D eigenvalue weighted by Crippen LogP contribution is 2.06. The van der Waals surface area contributed by atoms with Crippen molar-refractivity contribution >= 4 is 92.8 Å². The number of halogens is 8. The van der Waals surface area contributed by atoms with Gasteiger partial charge in [-0.1, -0.05) is 69.6 Å². The Bertz CT molecular complexity index is 82.3. The molecule has 0 bridgehead atoms. The lowest BCUT2D eigenvalue weighted by Gasteiger charge is -1.69. The molecule has 0 radical (unpaired) electrons. The van der Waals surface area contributed by atoms with Crippen molar-refractivity contribution in [3.05, 3.63) is 10.0 Å². The molecule has 0 saturated carbocycles. The van der Waals surface area contributed by atoms with Crippen LogP contribution in [0.1, 0.15) is 0 Å². The summed E-state index contributed by atoms with van der Waals surface area (Å²) in [5.41, 5.74) is 1.09. The van der Waals surface area contributed by atoms with Gasteiger partial charge in [0.25, 0.3) is 0 Å². The molecule has 0 heterocycles. The van der Waals surface area contributed by atoms with Crippen molar-refractivity contribution in [1.29, 1.82) is 0 Å². The third kappa shape index (κ3) is 89.5. The molecule has 0 aromatic heterocycles. The van der Waals surface area contributed by atoms with Gasteiger partial charge in [0.15, 0.2) is 4.30 Å². The zero-order chi connectivity index (χ0) is 10.6. The van der Waals surface area contributed by atoms with Crippen molar-refractivity contribution in [3.63, 3.8) is 0 Å². The van der Waals surface area contributed by atoms with Gasteiger partial charge in [-0.25, -0.2) is 0 Å². The monoisotopic (exact) mass is 332 g/mol. The van der Waals surface area contributed by atoms with Crippen LogP contribution in [0.25, 0.3) is 0 Å². The molecule has 12 heavy (non-hydrogen) atoms. The summed E-state index contributed by atoms with van der Waals surface area (Å²) in [7, 11) is 0. The number of hydrogen-bond donors (Lipinski definition) is 0. The van der Waals surface area contributed by atoms with E-state index in [2.05, 4.69) is 0 Å². The van der Waals surface area contributed by atoms with Crippen LogP contribution in [-0.2, 0) is 0 Å². The van der Waals surface area contributed by atoms with Gasteiger partial charge in [0, 0.05) is 5.54 Å². The maximum absolute atomic E-state index is 4.96. The molecule has 0 rings (SSSR count). The molecule has 0 unspecified atom stereocenters. The molecular weight excluding hydrogens is 332 g/mol. The van der Waals surface area contributed by atoms with Crippen molar-refractivity contribution < 1.29 is 0 Å². The smallest absolute Gasteiger partial charge is 0.109 e. The molecule has 0 saturated heterocycles. The van der Waals surface area contributed by atoms with Crippen LogP contribution in [0, 0.1) is 0 Å². The van der Waals surface area contributed by atoms with Gasteiger partial charge in [0.2, 0.25) is 0 Å². The molecule has 0 aliphatic carbocycles. The molecule has 8 heteroatoms. The van der Waals surface area contributed by atoms with E-state index in [9.17, 15) is 0 Å². The first-order chi connectivity index (χ1) is 5.42. The summed E-state index contributed by atoms with van der Waals surface area (Å²) in [6, 6.07) is 0. The summed E-state index contributed by atoms with van der Waals surface area (Å²) in [5, 5.41) is 0.194. The van der Waals surface area contributed by atoms with Crippen LogP contribution in [0.5, 0.6) is 0 Å². The van der Waals surface area contributed by atoms with Crippen molar-refractivity contribution in [2.45, 2.75) is 4.30 Å². The first kappa shape index (κ1) is 19.6. The van der Waals surface area contributed by atoms with Crippen LogP contribution in [0.15, 0.2) is 10.0 Å². The minimum Gasteiger partial charge on any atom is -0.109 e. The lowest BCUT2D eigenvalue weighted by Crippen LogP contribution is -1.55. The fraction of sp³-hybridized carbons (Fsp3) is 0.500. The van der Waals surface area contributed by atoms with Gasteiger partial charge in [0.1, 0.15) is 4.49 Å². The molecule has 0 atom stereocenters. The molecule has 0 aliphatic heterocycles. The van der Waals surface area contributed by atoms with Gasteiger partial charge in [-0.3, -0.25) is 0 Å². The number of rotatable bonds is 0. The van der Waals surface area contributed by atoms with Gasteiger partial charge >= 0.3 is 0 Å². The predicted octanol–water partition coefficient (Wildman–Crippen LogP) is 5.91. The van der Waals surface area contributed by atoms with E-state index < -0.39 is 4.30 Å². The molecule has 0 aliphatic rings. The Morgan fingerprint density at radius 3 is 1.17 bits per heavy atom. The summed E-state index contributed by atoms with van der Waals surface area (Å²) in [5.74, 6) is 0. The molecule has 0 fully saturated rings. The van der Waals surface area contributed by atoms with Gasteiger partial charge < -0.3 is 0 Å². The highest BCUT2D eigenvalue weighted by molar-refractivity contribution is 6.63. The van der Waals surface area contributed by atoms with Crippen molar-refractivity contribution in [2.24, 2.45) is 0 Å². The van der Waals surface area contributed by atoms with Crippen LogP contribution in [0.3, 0.4) is 0 Å². The molecule has 0 spiro atoms. The van der Waals surface area contributed by atoms with Crippen LogP contribution in [0.4, 0.5) is 0 Å². The van der Waals surface area contributed by atoms with Gasteiger partial charge in [-0.2, -0.15) is 0 Å². The summed E-state index contributed by atoms with van der Waals surface area (Å²) >= 11 is 38.8. The Morgan fingerprint density at radius 2 is 1.17 bits per heavy atom. The van der Waals surface area contributed by atoms with E-state index in [0.29, 0.717) is 0 Å². The zero-order valence-corrected chi connectivity index (χ0v) is 11.4. The van der Waals surface area contributed by atoms with E-state index in [1.807, 2.05) is 0 Å². The lowest BCUT2D eigenvalue weighted by atomic mass is 11.2. The van der Waals surface area contributed by atoms with E-state index >= 15 is 0 Å². The standard InChI is InChI=1S/C2HCl3.CHCl3.CH2Cl2/c3-1-2(4)5;2-1(3)4;2-1-3/h1H;1H;1H2. The fourth-order valence-corrected chi connectivity index (χ4v) is 0. The van der Waals surface area contributed by atoms with Crippen molar-refractivity contribution in [2.75, 3.05) is 5.34 Å². The average Bonchev–Trinajstić information content (AvgIpc) is 1.88. The van der Waals surface area contributed by atoms with Crippen molar-refractivity contribution in [1.82, 2.24) is 0 Å². The summed E-state index contributed by atoms with van der Waals surface area (Å²) in [6.07, 6.45) is 0. The maximum atomic E-state index is 4.96. The topological polar surface area (TPSA) is 0 Å². The Kier molecular flexibility index (Phi) is 30.7. The first-order valence-electron chi connectivity index (χ1n) is 2.07. The highest BCUT2D eigenvalue weighted by Gasteiger charge is 1.78. The summed E-state index contributed by atoms with van der Waals surface area (Å²) in [4.78, 5) is 0. The van der Waals surface area contributed by atoms with Crippen LogP contribution >= 0.6 is 92.8 Å². The lowest BCUT2D eigenvalue weighted by molar-refractivity contribution is 1.96. The van der Waals surface area contributed by atoms with E-state index in [0.717, 1.165) is 5.54 Å². The minimum atomic E-state index is -0.750. The Labute approximate surface area is 112 Å². The van der Waals surface area contributed by atoms with E-state index in [1.165, 1.54) is 0 Å². The Morgan fingerprint density at radius 1 is 1.08 bits per heavy atom. The molecule has 0 nitrogen and oxygen atoms in total. The van der Waals surface area contributed by atoms with Crippen LogP contribution in [0.2, 0.25) is 0 Å². The number of alkyl halides is 5. The molecule has 76 valence electrons. The zero-order valence-electron chi connectivity index (χ0n) is 5.39. The minimum absolute atomic E-state index is 0.0895. The molecule has 0 N–H and O–H groups in total. The van der Waals surface area contributed by atoms with Gasteiger partial charge in [0.05, 0.1) is 5.34 Å². The van der Waals surface area contributed by atoms with Crippen LogP contribution < -0.4 is 0 Å². The molecule has 0 aromatic rings. The number of hydrogen-bond acceptors (Lipinski definition) is 0. The predicted molar refractivity (Wildman–Crippen MR) is 63.6 cm³/mol. The van der Waals surface area contributed by atoms with Crippen LogP contribution in [-0.4, -0.2) is 9.63 Å². The second kappa shape index (κ2) is 18.8. The van der Waals surface area contributed by atoms with E-state index in [-0.39, 0.29) is 9.83 Å².